The fourth-order valence-electron chi connectivity index (χ4n) is 2.10. The van der Waals surface area contributed by atoms with E-state index >= 15 is 0 Å². The first-order valence-electron chi connectivity index (χ1n) is 9.50. The Morgan fingerprint density at radius 1 is 1.00 bits per heavy atom. The molecule has 0 aliphatic rings. The quantitative estimate of drug-likeness (QED) is 0.472. The Balaban J connectivity index is 0.000000373. The normalized spacial score (nSPS) is 9.38. The van der Waals surface area contributed by atoms with Gasteiger partial charge >= 0.3 is 0 Å². The molecule has 2 rings (SSSR count). The Labute approximate surface area is 168 Å². The van der Waals surface area contributed by atoms with Crippen molar-refractivity contribution in [1.29, 1.82) is 5.26 Å². The lowest BCUT2D eigenvalue weighted by Gasteiger charge is -1.98. The fraction of sp³-hybridized carbons (Fsp3) is 0.500. The maximum Gasteiger partial charge on any atom is 0.121 e. The van der Waals surface area contributed by atoms with Crippen molar-refractivity contribution in [1.82, 2.24) is 4.57 Å². The van der Waals surface area contributed by atoms with Crippen LogP contribution in [0, 0.1) is 11.3 Å². The van der Waals surface area contributed by atoms with Crippen molar-refractivity contribution < 1.29 is 4.74 Å². The number of halogens is 1. The number of nitriles is 1. The van der Waals surface area contributed by atoms with Gasteiger partial charge in [-0.25, -0.2) is 0 Å². The minimum Gasteiger partial charge on any atom is -0.381 e. The molecule has 0 unspecified atom stereocenters. The lowest BCUT2D eigenvalue weighted by molar-refractivity contribution is 0.135. The zero-order valence-electron chi connectivity index (χ0n) is 16.7. The van der Waals surface area contributed by atoms with Crippen molar-refractivity contribution in [3.05, 3.63) is 58.3 Å². The van der Waals surface area contributed by atoms with E-state index in [1.54, 1.807) is 0 Å². The van der Waals surface area contributed by atoms with Gasteiger partial charge in [0.25, 0.3) is 0 Å². The molecule has 0 aliphatic carbocycles. The SMILES string of the molecule is CCCOCCC.CCCn1cc(Br)cc1C#N.CCc1ccccc1. The first kappa shape index (κ1) is 24.4. The van der Waals surface area contributed by atoms with Gasteiger partial charge in [0.2, 0.25) is 0 Å². The van der Waals surface area contributed by atoms with Crippen LogP contribution < -0.4 is 0 Å². The Morgan fingerprint density at radius 2 is 1.62 bits per heavy atom. The number of aromatic nitrogens is 1. The van der Waals surface area contributed by atoms with E-state index in [-0.39, 0.29) is 0 Å². The molecule has 0 saturated heterocycles. The van der Waals surface area contributed by atoms with Crippen LogP contribution in [0.4, 0.5) is 0 Å². The summed E-state index contributed by atoms with van der Waals surface area (Å²) in [7, 11) is 0. The molecule has 0 N–H and O–H groups in total. The highest BCUT2D eigenvalue weighted by Crippen LogP contribution is 2.14. The highest BCUT2D eigenvalue weighted by molar-refractivity contribution is 9.10. The number of aryl methyl sites for hydroxylation is 2. The minimum atomic E-state index is 0.721. The third kappa shape index (κ3) is 11.9. The van der Waals surface area contributed by atoms with Crippen LogP contribution in [0.3, 0.4) is 0 Å². The molecule has 26 heavy (non-hydrogen) atoms. The van der Waals surface area contributed by atoms with Crippen molar-refractivity contribution in [3.8, 4) is 6.07 Å². The summed E-state index contributed by atoms with van der Waals surface area (Å²) in [5.41, 5.74) is 2.13. The second-order valence-corrected chi connectivity index (χ2v) is 6.72. The van der Waals surface area contributed by atoms with Crippen LogP contribution in [-0.4, -0.2) is 17.8 Å². The number of hydrogen-bond donors (Lipinski definition) is 0. The number of hydrogen-bond acceptors (Lipinski definition) is 2. The van der Waals surface area contributed by atoms with Gasteiger partial charge in [-0.3, -0.25) is 0 Å². The van der Waals surface area contributed by atoms with Crippen LogP contribution in [0.15, 0.2) is 47.1 Å². The maximum absolute atomic E-state index is 8.67. The Bertz CT molecular complexity index is 598. The molecule has 0 aliphatic heterocycles. The van der Waals surface area contributed by atoms with Gasteiger partial charge in [0.1, 0.15) is 11.8 Å². The first-order valence-corrected chi connectivity index (χ1v) is 10.3. The number of benzene rings is 1. The molecular formula is C22H33BrN2O. The van der Waals surface area contributed by atoms with Crippen molar-refractivity contribution >= 4 is 15.9 Å². The van der Waals surface area contributed by atoms with Crippen LogP contribution in [-0.2, 0) is 17.7 Å². The molecular weight excluding hydrogens is 388 g/mol. The predicted molar refractivity (Wildman–Crippen MR) is 114 cm³/mol. The molecule has 1 aromatic carbocycles. The summed E-state index contributed by atoms with van der Waals surface area (Å²) in [6, 6.07) is 14.4. The Hall–Kier alpha value is -1.57. The van der Waals surface area contributed by atoms with Crippen LogP contribution in [0.25, 0.3) is 0 Å². The van der Waals surface area contributed by atoms with Crippen molar-refractivity contribution in [2.75, 3.05) is 13.2 Å². The molecule has 0 atom stereocenters. The fourth-order valence-corrected chi connectivity index (χ4v) is 2.56. The van der Waals surface area contributed by atoms with Gasteiger partial charge < -0.3 is 9.30 Å². The maximum atomic E-state index is 8.67. The van der Waals surface area contributed by atoms with Gasteiger partial charge in [0.05, 0.1) is 0 Å². The molecule has 4 heteroatoms. The zero-order valence-corrected chi connectivity index (χ0v) is 18.3. The van der Waals surface area contributed by atoms with Crippen molar-refractivity contribution in [2.24, 2.45) is 0 Å². The molecule has 0 bridgehead atoms. The third-order valence-corrected chi connectivity index (χ3v) is 3.82. The smallest absolute Gasteiger partial charge is 0.121 e. The lowest BCUT2D eigenvalue weighted by atomic mass is 10.2. The lowest BCUT2D eigenvalue weighted by Crippen LogP contribution is -1.96. The van der Waals surface area contributed by atoms with E-state index in [1.165, 1.54) is 5.56 Å². The molecule has 2 aromatic rings. The second-order valence-electron chi connectivity index (χ2n) is 5.80. The summed E-state index contributed by atoms with van der Waals surface area (Å²) in [6.45, 7) is 11.3. The molecule has 1 aromatic heterocycles. The molecule has 0 radical (unpaired) electrons. The molecule has 0 amide bonds. The van der Waals surface area contributed by atoms with Crippen LogP contribution >= 0.6 is 15.9 Å². The molecule has 144 valence electrons. The summed E-state index contributed by atoms with van der Waals surface area (Å²) in [6.07, 6.45) is 6.40. The summed E-state index contributed by atoms with van der Waals surface area (Å²) < 4.78 is 8.05. The molecule has 1 heterocycles. The zero-order chi connectivity index (χ0) is 19.6. The average Bonchev–Trinajstić information content (AvgIpc) is 3.04. The van der Waals surface area contributed by atoms with Gasteiger partial charge in [0.15, 0.2) is 0 Å². The topological polar surface area (TPSA) is 38.0 Å². The summed E-state index contributed by atoms with van der Waals surface area (Å²) in [4.78, 5) is 0. The second kappa shape index (κ2) is 16.9. The number of ether oxygens (including phenoxy) is 1. The summed E-state index contributed by atoms with van der Waals surface area (Å²) in [5.74, 6) is 0. The summed E-state index contributed by atoms with van der Waals surface area (Å²) in [5, 5.41) is 8.67. The molecule has 3 nitrogen and oxygen atoms in total. The van der Waals surface area contributed by atoms with E-state index in [0.717, 1.165) is 55.6 Å². The number of rotatable bonds is 7. The van der Waals surface area contributed by atoms with E-state index < -0.39 is 0 Å². The highest BCUT2D eigenvalue weighted by Gasteiger charge is 2.00. The van der Waals surface area contributed by atoms with Gasteiger partial charge in [-0.15, -0.1) is 0 Å². The van der Waals surface area contributed by atoms with E-state index in [1.807, 2.05) is 22.9 Å². The van der Waals surface area contributed by atoms with E-state index in [0.29, 0.717) is 0 Å². The molecule has 0 saturated carbocycles. The van der Waals surface area contributed by atoms with E-state index in [2.05, 4.69) is 74.0 Å². The Morgan fingerprint density at radius 3 is 2.04 bits per heavy atom. The van der Waals surface area contributed by atoms with Crippen LogP contribution in [0.1, 0.15) is 58.2 Å². The molecule has 0 spiro atoms. The standard InChI is InChI=1S/C8H9BrN2.C8H10.C6H14O/c1-2-3-11-6-7(9)4-8(11)5-10;1-2-8-6-4-3-5-7-8;1-3-5-7-6-4-2/h4,6H,2-3H2,1H3;3-7H,2H2,1H3;3-6H2,1-2H3. The monoisotopic (exact) mass is 420 g/mol. The van der Waals surface area contributed by atoms with Gasteiger partial charge in [-0.1, -0.05) is 58.0 Å². The predicted octanol–water partition coefficient (Wildman–Crippen LogP) is 6.60. The third-order valence-electron chi connectivity index (χ3n) is 3.39. The van der Waals surface area contributed by atoms with Crippen LogP contribution in [0.2, 0.25) is 0 Å². The van der Waals surface area contributed by atoms with Gasteiger partial charge in [-0.2, -0.15) is 5.26 Å². The van der Waals surface area contributed by atoms with Crippen LogP contribution in [0.5, 0.6) is 0 Å². The van der Waals surface area contributed by atoms with Crippen molar-refractivity contribution in [2.45, 2.75) is 59.9 Å². The van der Waals surface area contributed by atoms with Crippen molar-refractivity contribution in [3.63, 3.8) is 0 Å². The summed E-state index contributed by atoms with van der Waals surface area (Å²) >= 11 is 3.32. The Kier molecular flexibility index (Phi) is 15.9. The van der Waals surface area contributed by atoms with Gasteiger partial charge in [0, 0.05) is 30.4 Å². The van der Waals surface area contributed by atoms with E-state index in [9.17, 15) is 0 Å². The van der Waals surface area contributed by atoms with E-state index in [4.69, 9.17) is 10.00 Å². The largest absolute Gasteiger partial charge is 0.381 e. The average molecular weight is 421 g/mol. The van der Waals surface area contributed by atoms with Gasteiger partial charge in [-0.05, 0) is 53.2 Å². The molecule has 0 fully saturated rings. The number of nitrogens with zero attached hydrogens (tertiary/aromatic N) is 2. The minimum absolute atomic E-state index is 0.721. The highest BCUT2D eigenvalue weighted by atomic mass is 79.9. The first-order chi connectivity index (χ1) is 12.6.